The van der Waals surface area contributed by atoms with Gasteiger partial charge in [0.1, 0.15) is 0 Å². The third-order valence-electron chi connectivity index (χ3n) is 3.34. The molecule has 0 aliphatic carbocycles. The molecule has 0 saturated carbocycles. The molecule has 0 bridgehead atoms. The highest BCUT2D eigenvalue weighted by Gasteiger charge is 2.13. The summed E-state index contributed by atoms with van der Waals surface area (Å²) in [5, 5.41) is 3.29. The van der Waals surface area contributed by atoms with Gasteiger partial charge in [-0.1, -0.05) is 13.0 Å². The number of carbonyl (C=O) groups excluding carboxylic acids is 1. The molecule has 0 spiro atoms. The Morgan fingerprint density at radius 3 is 2.43 bits per heavy atom. The molecule has 0 amide bonds. The van der Waals surface area contributed by atoms with Crippen molar-refractivity contribution in [2.24, 2.45) is 5.92 Å². The lowest BCUT2D eigenvalue weighted by Crippen LogP contribution is -2.29. The average Bonchev–Trinajstić information content (AvgIpc) is 2.54. The van der Waals surface area contributed by atoms with Gasteiger partial charge in [0.05, 0.1) is 25.7 Å². The molecule has 5 heteroatoms. The molecule has 0 fully saturated rings. The van der Waals surface area contributed by atoms with E-state index >= 15 is 0 Å². The van der Waals surface area contributed by atoms with E-state index in [2.05, 4.69) is 5.32 Å². The fourth-order valence-corrected chi connectivity index (χ4v) is 2.17. The van der Waals surface area contributed by atoms with Gasteiger partial charge >= 0.3 is 5.97 Å². The first kappa shape index (κ1) is 19.3. The Morgan fingerprint density at radius 1 is 1.09 bits per heavy atom. The zero-order valence-corrected chi connectivity index (χ0v) is 14.7. The van der Waals surface area contributed by atoms with Gasteiger partial charge in [-0.05, 0) is 51.4 Å². The van der Waals surface area contributed by atoms with Crippen molar-refractivity contribution in [1.82, 2.24) is 5.32 Å². The minimum absolute atomic E-state index is 0.130. The number of benzene rings is 1. The minimum atomic E-state index is -0.153. The van der Waals surface area contributed by atoms with Crippen LogP contribution in [0.1, 0.15) is 33.3 Å². The van der Waals surface area contributed by atoms with Crippen molar-refractivity contribution in [2.45, 2.75) is 34.1 Å². The highest BCUT2D eigenvalue weighted by atomic mass is 16.5. The van der Waals surface area contributed by atoms with E-state index in [-0.39, 0.29) is 11.9 Å². The van der Waals surface area contributed by atoms with Crippen LogP contribution in [0.5, 0.6) is 11.5 Å². The molecule has 0 aliphatic heterocycles. The maximum Gasteiger partial charge on any atom is 0.309 e. The zero-order chi connectivity index (χ0) is 17.1. The predicted octanol–water partition coefficient (Wildman–Crippen LogP) is 2.82. The molecule has 1 rings (SSSR count). The smallest absolute Gasteiger partial charge is 0.309 e. The van der Waals surface area contributed by atoms with E-state index in [1.54, 1.807) is 0 Å². The third kappa shape index (κ3) is 6.91. The van der Waals surface area contributed by atoms with Gasteiger partial charge in [-0.15, -0.1) is 0 Å². The van der Waals surface area contributed by atoms with Gasteiger partial charge in [-0.3, -0.25) is 4.79 Å². The summed E-state index contributed by atoms with van der Waals surface area (Å²) in [5.41, 5.74) is 1.17. The molecular weight excluding hydrogens is 294 g/mol. The van der Waals surface area contributed by atoms with Crippen LogP contribution in [0.25, 0.3) is 0 Å². The molecule has 23 heavy (non-hydrogen) atoms. The molecule has 0 radical (unpaired) electrons. The molecule has 0 saturated heterocycles. The van der Waals surface area contributed by atoms with Crippen molar-refractivity contribution >= 4 is 5.97 Å². The van der Waals surface area contributed by atoms with Gasteiger partial charge in [0, 0.05) is 6.54 Å². The largest absolute Gasteiger partial charge is 0.490 e. The molecular formula is C18H29NO4. The summed E-state index contributed by atoms with van der Waals surface area (Å²) in [6.07, 6.45) is 0.863. The first-order chi connectivity index (χ1) is 11.1. The van der Waals surface area contributed by atoms with Crippen LogP contribution in [0.4, 0.5) is 0 Å². The van der Waals surface area contributed by atoms with Crippen LogP contribution in [0.3, 0.4) is 0 Å². The van der Waals surface area contributed by atoms with E-state index in [1.807, 2.05) is 45.9 Å². The summed E-state index contributed by atoms with van der Waals surface area (Å²) < 4.78 is 16.2. The van der Waals surface area contributed by atoms with Crippen molar-refractivity contribution in [2.75, 3.05) is 32.9 Å². The summed E-state index contributed by atoms with van der Waals surface area (Å²) >= 11 is 0. The highest BCUT2D eigenvalue weighted by Crippen LogP contribution is 2.28. The van der Waals surface area contributed by atoms with Crippen LogP contribution < -0.4 is 14.8 Å². The van der Waals surface area contributed by atoms with Crippen molar-refractivity contribution in [3.8, 4) is 11.5 Å². The van der Waals surface area contributed by atoms with E-state index in [4.69, 9.17) is 14.2 Å². The van der Waals surface area contributed by atoms with E-state index in [0.717, 1.165) is 24.5 Å². The molecule has 0 aromatic heterocycles. The second kappa shape index (κ2) is 10.9. The Labute approximate surface area is 139 Å². The van der Waals surface area contributed by atoms with Crippen LogP contribution in [0.2, 0.25) is 0 Å². The van der Waals surface area contributed by atoms with E-state index in [1.165, 1.54) is 5.56 Å². The van der Waals surface area contributed by atoms with Crippen LogP contribution in [0.15, 0.2) is 18.2 Å². The second-order valence-corrected chi connectivity index (χ2v) is 5.25. The first-order valence-electron chi connectivity index (χ1n) is 8.38. The Balaban J connectivity index is 2.45. The first-order valence-corrected chi connectivity index (χ1v) is 8.38. The zero-order valence-electron chi connectivity index (χ0n) is 14.7. The summed E-state index contributed by atoms with van der Waals surface area (Å²) in [6, 6.07) is 6.01. The van der Waals surface area contributed by atoms with E-state index < -0.39 is 0 Å². The SMILES string of the molecule is CCOC(=O)C(C)CNCCc1ccc(OCC)c(OCC)c1. The molecule has 0 heterocycles. The summed E-state index contributed by atoms with van der Waals surface area (Å²) in [6.45, 7) is 10.7. The maximum atomic E-state index is 11.5. The fraction of sp³-hybridized carbons (Fsp3) is 0.611. The van der Waals surface area contributed by atoms with Crippen LogP contribution in [-0.4, -0.2) is 38.9 Å². The van der Waals surface area contributed by atoms with E-state index in [0.29, 0.717) is 26.4 Å². The second-order valence-electron chi connectivity index (χ2n) is 5.25. The maximum absolute atomic E-state index is 11.5. The molecule has 1 atom stereocenters. The predicted molar refractivity (Wildman–Crippen MR) is 91.2 cm³/mol. The lowest BCUT2D eigenvalue weighted by atomic mass is 10.1. The molecule has 1 N–H and O–H groups in total. The van der Waals surface area contributed by atoms with Gasteiger partial charge in [0.15, 0.2) is 11.5 Å². The summed E-state index contributed by atoms with van der Waals surface area (Å²) in [5.74, 6) is 1.28. The van der Waals surface area contributed by atoms with Gasteiger partial charge in [0.25, 0.3) is 0 Å². The Bertz CT molecular complexity index is 476. The molecule has 1 aromatic carbocycles. The molecule has 130 valence electrons. The average molecular weight is 323 g/mol. The lowest BCUT2D eigenvalue weighted by Gasteiger charge is -2.13. The summed E-state index contributed by atoms with van der Waals surface area (Å²) in [4.78, 5) is 11.5. The number of ether oxygens (including phenoxy) is 3. The summed E-state index contributed by atoms with van der Waals surface area (Å²) in [7, 11) is 0. The Morgan fingerprint density at radius 2 is 1.78 bits per heavy atom. The van der Waals surface area contributed by atoms with Gasteiger partial charge < -0.3 is 19.5 Å². The van der Waals surface area contributed by atoms with Crippen molar-refractivity contribution < 1.29 is 19.0 Å². The van der Waals surface area contributed by atoms with Gasteiger partial charge in [-0.2, -0.15) is 0 Å². The number of esters is 1. The van der Waals surface area contributed by atoms with E-state index in [9.17, 15) is 4.79 Å². The number of hydrogen-bond donors (Lipinski definition) is 1. The Kier molecular flexibility index (Phi) is 9.14. The highest BCUT2D eigenvalue weighted by molar-refractivity contribution is 5.72. The number of carbonyl (C=O) groups is 1. The van der Waals surface area contributed by atoms with Crippen molar-refractivity contribution in [1.29, 1.82) is 0 Å². The number of rotatable bonds is 11. The van der Waals surface area contributed by atoms with Crippen LogP contribution in [-0.2, 0) is 16.0 Å². The van der Waals surface area contributed by atoms with Crippen LogP contribution in [0, 0.1) is 5.92 Å². The standard InChI is InChI=1S/C18H29NO4/c1-5-21-16-9-8-15(12-17(16)22-6-2)10-11-19-13-14(4)18(20)23-7-3/h8-9,12,14,19H,5-7,10-11,13H2,1-4H3. The van der Waals surface area contributed by atoms with Crippen molar-refractivity contribution in [3.63, 3.8) is 0 Å². The van der Waals surface area contributed by atoms with Gasteiger partial charge in [-0.25, -0.2) is 0 Å². The molecule has 1 unspecified atom stereocenters. The third-order valence-corrected chi connectivity index (χ3v) is 3.34. The van der Waals surface area contributed by atoms with Crippen molar-refractivity contribution in [3.05, 3.63) is 23.8 Å². The number of nitrogens with one attached hydrogen (secondary N) is 1. The monoisotopic (exact) mass is 323 g/mol. The lowest BCUT2D eigenvalue weighted by molar-refractivity contribution is -0.147. The van der Waals surface area contributed by atoms with Gasteiger partial charge in [0.2, 0.25) is 0 Å². The number of hydrogen-bond acceptors (Lipinski definition) is 5. The Hall–Kier alpha value is -1.75. The fourth-order valence-electron chi connectivity index (χ4n) is 2.17. The molecule has 1 aromatic rings. The molecule has 0 aliphatic rings. The minimum Gasteiger partial charge on any atom is -0.490 e. The molecule has 5 nitrogen and oxygen atoms in total. The quantitative estimate of drug-likeness (QED) is 0.501. The normalized spacial score (nSPS) is 11.8. The topological polar surface area (TPSA) is 56.8 Å². The van der Waals surface area contributed by atoms with Crippen LogP contribution >= 0.6 is 0 Å².